The Morgan fingerprint density at radius 2 is 0.682 bits per heavy atom. The maximum Gasteiger partial charge on any atom is 0.0847 e. The molecule has 0 fully saturated rings. The molecule has 2 heteroatoms. The summed E-state index contributed by atoms with van der Waals surface area (Å²) in [5.41, 5.74) is 0. The Kier molecular flexibility index (Phi) is 38.8. The number of allylic oxidation sites excluding steroid dienone is 3. The molecule has 44 heavy (non-hydrogen) atoms. The van der Waals surface area contributed by atoms with Crippen molar-refractivity contribution in [3.8, 4) is 0 Å². The molecule has 0 bridgehead atoms. The van der Waals surface area contributed by atoms with Crippen molar-refractivity contribution in [1.82, 2.24) is 0 Å². The van der Waals surface area contributed by atoms with Gasteiger partial charge in [-0.2, -0.15) is 0 Å². The number of hydrogen-bond donors (Lipinski definition) is 0. The fourth-order valence-electron chi connectivity index (χ4n) is 6.51. The van der Waals surface area contributed by atoms with Crippen LogP contribution in [-0.2, 0) is 0 Å². The zero-order chi connectivity index (χ0) is 31.5. The van der Waals surface area contributed by atoms with E-state index in [2.05, 4.69) is 59.3 Å². The van der Waals surface area contributed by atoms with E-state index in [4.69, 9.17) is 0 Å². The van der Waals surface area contributed by atoms with Crippen molar-refractivity contribution in [3.63, 3.8) is 0 Å². The van der Waals surface area contributed by atoms with Gasteiger partial charge >= 0.3 is 0 Å². The van der Waals surface area contributed by atoms with Gasteiger partial charge in [0.05, 0.1) is 27.7 Å². The predicted molar refractivity (Wildman–Crippen MR) is 199 cm³/mol. The second-order valence-electron chi connectivity index (χ2n) is 15.1. The lowest BCUT2D eigenvalue weighted by Crippen LogP contribution is -3.00. The second-order valence-corrected chi connectivity index (χ2v) is 15.1. The summed E-state index contributed by atoms with van der Waals surface area (Å²) in [6, 6.07) is 0. The molecular weight excluding hydrogens is 554 g/mol. The highest BCUT2D eigenvalue weighted by Crippen LogP contribution is 2.17. The minimum atomic E-state index is 0. The summed E-state index contributed by atoms with van der Waals surface area (Å²) in [5.74, 6) is 0.680. The van der Waals surface area contributed by atoms with Crippen LogP contribution in [0, 0.1) is 5.92 Å². The molecule has 0 aromatic rings. The first-order valence-electron chi connectivity index (χ1n) is 20.1. The number of quaternary nitrogens is 1. The van der Waals surface area contributed by atoms with Crippen LogP contribution in [0.2, 0.25) is 0 Å². The van der Waals surface area contributed by atoms with Crippen molar-refractivity contribution in [2.75, 3.05) is 27.7 Å². The van der Waals surface area contributed by atoms with Gasteiger partial charge in [-0.1, -0.05) is 205 Å². The minimum Gasteiger partial charge on any atom is -1.00 e. The Morgan fingerprint density at radius 3 is 1.00 bits per heavy atom. The van der Waals surface area contributed by atoms with Crippen molar-refractivity contribution < 1.29 is 16.9 Å². The zero-order valence-corrected chi connectivity index (χ0v) is 32.1. The largest absolute Gasteiger partial charge is 1.00 e. The highest BCUT2D eigenvalue weighted by atomic mass is 35.5. The number of hydrogen-bond acceptors (Lipinski definition) is 0. The Balaban J connectivity index is 0. The molecule has 0 aliphatic heterocycles. The molecule has 1 nitrogen and oxygen atoms in total. The summed E-state index contributed by atoms with van der Waals surface area (Å²) < 4.78 is 1.06. The van der Waals surface area contributed by atoms with Crippen LogP contribution in [0.4, 0.5) is 0 Å². The Morgan fingerprint density at radius 1 is 0.386 bits per heavy atom. The molecule has 0 saturated heterocycles. The van der Waals surface area contributed by atoms with Gasteiger partial charge in [-0.05, 0) is 32.1 Å². The van der Waals surface area contributed by atoms with Crippen molar-refractivity contribution in [2.45, 2.75) is 213 Å². The SMILES string of the molecule is CCCCCCCCCCCCCCCCC=CCC(C=CCCCCCCCCCCCCCCCC)C[N+](C)(C)C.[Cl-]. The molecular formula is C42H84ClN. The van der Waals surface area contributed by atoms with E-state index in [0.717, 1.165) is 4.48 Å². The van der Waals surface area contributed by atoms with Crippen LogP contribution in [-0.4, -0.2) is 32.2 Å². The third-order valence-electron chi connectivity index (χ3n) is 9.24. The maximum absolute atomic E-state index is 2.54. The van der Waals surface area contributed by atoms with Gasteiger partial charge < -0.3 is 16.9 Å². The molecule has 0 saturated carbocycles. The van der Waals surface area contributed by atoms with E-state index in [1.165, 1.54) is 206 Å². The van der Waals surface area contributed by atoms with E-state index in [9.17, 15) is 0 Å². The van der Waals surface area contributed by atoms with Gasteiger partial charge in [-0.3, -0.25) is 0 Å². The maximum atomic E-state index is 2.54. The lowest BCUT2D eigenvalue weighted by atomic mass is 10.0. The fourth-order valence-corrected chi connectivity index (χ4v) is 6.51. The highest BCUT2D eigenvalue weighted by molar-refractivity contribution is 4.94. The van der Waals surface area contributed by atoms with E-state index in [0.29, 0.717) is 5.92 Å². The standard InChI is InChI=1S/C42H84N.ClH/c1-6-8-10-12-14-16-18-20-22-24-26-28-30-32-34-36-38-40-42(41-43(3,4)5)39-37-35-33-31-29-27-25-23-21-19-17-15-13-11-9-7-2;/h36-39,42H,6-35,40-41H2,1-5H3;1H/q+1;/p-1. The van der Waals surface area contributed by atoms with E-state index >= 15 is 0 Å². The van der Waals surface area contributed by atoms with E-state index < -0.39 is 0 Å². The normalized spacial score (nSPS) is 12.8. The monoisotopic (exact) mass is 638 g/mol. The first-order chi connectivity index (χ1) is 21.0. The topological polar surface area (TPSA) is 0 Å². The van der Waals surface area contributed by atoms with Crippen LogP contribution in [0.1, 0.15) is 213 Å². The van der Waals surface area contributed by atoms with E-state index in [-0.39, 0.29) is 12.4 Å². The van der Waals surface area contributed by atoms with Gasteiger partial charge in [0.15, 0.2) is 0 Å². The summed E-state index contributed by atoms with van der Waals surface area (Å²) in [6.07, 6.45) is 54.2. The average molecular weight is 639 g/mol. The molecule has 0 heterocycles. The average Bonchev–Trinajstić information content (AvgIpc) is 2.97. The highest BCUT2D eigenvalue weighted by Gasteiger charge is 2.14. The van der Waals surface area contributed by atoms with Gasteiger partial charge in [0.2, 0.25) is 0 Å². The van der Waals surface area contributed by atoms with Gasteiger partial charge in [-0.15, -0.1) is 0 Å². The molecule has 1 atom stereocenters. The molecule has 1 unspecified atom stereocenters. The van der Waals surface area contributed by atoms with E-state index in [1.54, 1.807) is 0 Å². The molecule has 0 aromatic carbocycles. The number of halogens is 1. The lowest BCUT2D eigenvalue weighted by Gasteiger charge is -2.27. The van der Waals surface area contributed by atoms with Gasteiger partial charge in [-0.25, -0.2) is 0 Å². The van der Waals surface area contributed by atoms with Crippen LogP contribution in [0.3, 0.4) is 0 Å². The third kappa shape index (κ3) is 39.8. The second kappa shape index (κ2) is 37.2. The van der Waals surface area contributed by atoms with Crippen LogP contribution >= 0.6 is 0 Å². The summed E-state index contributed by atoms with van der Waals surface area (Å²) in [4.78, 5) is 0. The fraction of sp³-hybridized carbons (Fsp3) is 0.905. The molecule has 0 aliphatic carbocycles. The Labute approximate surface area is 286 Å². The molecule has 0 spiro atoms. The van der Waals surface area contributed by atoms with Crippen molar-refractivity contribution in [2.24, 2.45) is 5.92 Å². The van der Waals surface area contributed by atoms with Crippen molar-refractivity contribution in [3.05, 3.63) is 24.3 Å². The molecule has 264 valence electrons. The zero-order valence-electron chi connectivity index (χ0n) is 31.3. The molecule has 0 N–H and O–H groups in total. The first kappa shape index (κ1) is 45.9. The van der Waals surface area contributed by atoms with E-state index in [1.807, 2.05) is 0 Å². The molecule has 0 aromatic heterocycles. The van der Waals surface area contributed by atoms with Crippen LogP contribution in [0.25, 0.3) is 0 Å². The van der Waals surface area contributed by atoms with Gasteiger partial charge in [0.1, 0.15) is 0 Å². The summed E-state index contributed by atoms with van der Waals surface area (Å²) >= 11 is 0. The summed E-state index contributed by atoms with van der Waals surface area (Å²) in [5, 5.41) is 0. The van der Waals surface area contributed by atoms with Crippen LogP contribution < -0.4 is 12.4 Å². The van der Waals surface area contributed by atoms with Crippen LogP contribution in [0.5, 0.6) is 0 Å². The summed E-state index contributed by atoms with van der Waals surface area (Å²) in [6.45, 7) is 5.85. The third-order valence-corrected chi connectivity index (χ3v) is 9.24. The smallest absolute Gasteiger partial charge is 0.0847 e. The van der Waals surface area contributed by atoms with Gasteiger partial charge in [0.25, 0.3) is 0 Å². The van der Waals surface area contributed by atoms with Crippen LogP contribution in [0.15, 0.2) is 24.3 Å². The summed E-state index contributed by atoms with van der Waals surface area (Å²) in [7, 11) is 7.02. The predicted octanol–water partition coefficient (Wildman–Crippen LogP) is 11.6. The minimum absolute atomic E-state index is 0. The molecule has 0 aliphatic rings. The number of unbranched alkanes of at least 4 members (excludes halogenated alkanes) is 28. The Hall–Kier alpha value is -0.270. The lowest BCUT2D eigenvalue weighted by molar-refractivity contribution is -0.873. The molecule has 0 radical (unpaired) electrons. The number of rotatable bonds is 35. The Bertz CT molecular complexity index is 575. The van der Waals surface area contributed by atoms with Crippen molar-refractivity contribution >= 4 is 0 Å². The first-order valence-corrected chi connectivity index (χ1v) is 20.1. The molecule has 0 rings (SSSR count). The number of nitrogens with zero attached hydrogens (tertiary/aromatic N) is 1. The molecule has 0 amide bonds. The quantitative estimate of drug-likeness (QED) is 0.0368. The van der Waals surface area contributed by atoms with Crippen molar-refractivity contribution in [1.29, 1.82) is 0 Å². The van der Waals surface area contributed by atoms with Gasteiger partial charge in [0, 0.05) is 5.92 Å².